The topological polar surface area (TPSA) is 80.7 Å². The number of carbonyl (C=O) groups is 1. The summed E-state index contributed by atoms with van der Waals surface area (Å²) in [5.41, 5.74) is 1.26. The Labute approximate surface area is 152 Å². The zero-order valence-electron chi connectivity index (χ0n) is 15.3. The monoisotopic (exact) mass is 357 g/mol. The number of hydrogen-bond donors (Lipinski definition) is 0. The van der Waals surface area contributed by atoms with Crippen LogP contribution in [-0.4, -0.2) is 71.3 Å². The van der Waals surface area contributed by atoms with Gasteiger partial charge < -0.3 is 19.3 Å². The fraction of sp³-hybridized carbons (Fsp3) is 0.444. The molecule has 2 aromatic heterocycles. The molecule has 0 N–H and O–H groups in total. The van der Waals surface area contributed by atoms with Crippen LogP contribution in [0.2, 0.25) is 0 Å². The number of aromatic nitrogens is 3. The lowest BCUT2D eigenvalue weighted by molar-refractivity contribution is 0.0765. The molecule has 0 aliphatic carbocycles. The average Bonchev–Trinajstić information content (AvgIpc) is 3.09. The Morgan fingerprint density at radius 2 is 2.15 bits per heavy atom. The molecule has 1 unspecified atom stereocenters. The van der Waals surface area contributed by atoms with E-state index < -0.39 is 0 Å². The van der Waals surface area contributed by atoms with E-state index >= 15 is 0 Å². The molecule has 0 saturated carbocycles. The first-order chi connectivity index (χ1) is 12.5. The van der Waals surface area contributed by atoms with Crippen LogP contribution in [0.15, 0.2) is 30.5 Å². The minimum absolute atomic E-state index is 0.0419. The fourth-order valence-electron chi connectivity index (χ4n) is 2.85. The van der Waals surface area contributed by atoms with Gasteiger partial charge in [0, 0.05) is 37.8 Å². The van der Waals surface area contributed by atoms with Gasteiger partial charge in [0.15, 0.2) is 5.69 Å². The number of rotatable bonds is 6. The molecular formula is C18H23N5O3. The molecule has 138 valence electrons. The molecule has 1 fully saturated rings. The van der Waals surface area contributed by atoms with E-state index in [2.05, 4.69) is 20.1 Å². The predicted molar refractivity (Wildman–Crippen MR) is 95.1 cm³/mol. The predicted octanol–water partition coefficient (Wildman–Crippen LogP) is 1.24. The summed E-state index contributed by atoms with van der Waals surface area (Å²) >= 11 is 0. The number of amides is 1. The molecule has 0 bridgehead atoms. The van der Waals surface area contributed by atoms with Gasteiger partial charge in [-0.3, -0.25) is 9.78 Å². The summed E-state index contributed by atoms with van der Waals surface area (Å²) in [5, 5.41) is 7.77. The van der Waals surface area contributed by atoms with Gasteiger partial charge in [-0.2, -0.15) is 0 Å². The van der Waals surface area contributed by atoms with Gasteiger partial charge in [-0.15, -0.1) is 10.2 Å². The molecule has 3 heterocycles. The molecule has 8 heteroatoms. The van der Waals surface area contributed by atoms with Gasteiger partial charge in [0.25, 0.3) is 5.91 Å². The van der Waals surface area contributed by atoms with Gasteiger partial charge in [-0.05, 0) is 26.2 Å². The molecule has 1 amide bonds. The number of hydrogen-bond acceptors (Lipinski definition) is 7. The van der Waals surface area contributed by atoms with Crippen LogP contribution in [0.1, 0.15) is 22.6 Å². The summed E-state index contributed by atoms with van der Waals surface area (Å²) in [6.45, 7) is 1.91. The van der Waals surface area contributed by atoms with Crippen molar-refractivity contribution in [2.45, 2.75) is 19.1 Å². The maximum atomic E-state index is 12.5. The second-order valence-corrected chi connectivity index (χ2v) is 6.46. The Kier molecular flexibility index (Phi) is 5.62. The number of methoxy groups -OCH3 is 1. The number of nitrogens with zero attached hydrogens (tertiary/aromatic N) is 5. The summed E-state index contributed by atoms with van der Waals surface area (Å²) in [4.78, 5) is 20.7. The van der Waals surface area contributed by atoms with Crippen molar-refractivity contribution in [3.05, 3.63) is 41.9 Å². The quantitative estimate of drug-likeness (QED) is 0.769. The molecule has 1 saturated heterocycles. The zero-order valence-corrected chi connectivity index (χ0v) is 15.3. The van der Waals surface area contributed by atoms with Crippen LogP contribution < -0.4 is 9.47 Å². The summed E-state index contributed by atoms with van der Waals surface area (Å²) in [6, 6.07) is 7.05. The molecule has 0 aromatic carbocycles. The van der Waals surface area contributed by atoms with Crippen molar-refractivity contribution in [2.75, 3.05) is 34.3 Å². The van der Waals surface area contributed by atoms with Crippen molar-refractivity contribution in [1.82, 2.24) is 25.0 Å². The maximum Gasteiger partial charge on any atom is 0.274 e. The molecule has 1 atom stereocenters. The van der Waals surface area contributed by atoms with Gasteiger partial charge in [-0.1, -0.05) is 0 Å². The number of ether oxygens (including phenoxy) is 2. The molecule has 2 aromatic rings. The van der Waals surface area contributed by atoms with Crippen molar-refractivity contribution >= 4 is 5.91 Å². The van der Waals surface area contributed by atoms with Gasteiger partial charge >= 0.3 is 0 Å². The number of pyridine rings is 1. The van der Waals surface area contributed by atoms with Crippen molar-refractivity contribution in [1.29, 1.82) is 0 Å². The largest absolute Gasteiger partial charge is 0.488 e. The Balaban J connectivity index is 1.59. The summed E-state index contributed by atoms with van der Waals surface area (Å²) in [5.74, 6) is 1.02. The lowest BCUT2D eigenvalue weighted by atomic mass is 10.3. The van der Waals surface area contributed by atoms with E-state index in [1.807, 2.05) is 26.2 Å². The smallest absolute Gasteiger partial charge is 0.274 e. The zero-order chi connectivity index (χ0) is 18.5. The van der Waals surface area contributed by atoms with Gasteiger partial charge in [0.2, 0.25) is 5.88 Å². The normalized spacial score (nSPS) is 16.8. The Morgan fingerprint density at radius 3 is 2.85 bits per heavy atom. The fourth-order valence-corrected chi connectivity index (χ4v) is 2.85. The van der Waals surface area contributed by atoms with Crippen molar-refractivity contribution in [3.8, 4) is 11.6 Å². The number of carbonyl (C=O) groups excluding carboxylic acids is 1. The lowest BCUT2D eigenvalue weighted by Gasteiger charge is -2.17. The molecule has 1 aliphatic heterocycles. The number of likely N-dealkylation sites (tertiary alicyclic amines) is 1. The van der Waals surface area contributed by atoms with Crippen LogP contribution in [0, 0.1) is 0 Å². The molecular weight excluding hydrogens is 334 g/mol. The maximum absolute atomic E-state index is 12.5. The van der Waals surface area contributed by atoms with E-state index in [1.165, 1.54) is 7.11 Å². The van der Waals surface area contributed by atoms with Crippen molar-refractivity contribution in [3.63, 3.8) is 0 Å². The minimum atomic E-state index is -0.144. The van der Waals surface area contributed by atoms with Crippen LogP contribution in [0.3, 0.4) is 0 Å². The highest BCUT2D eigenvalue weighted by atomic mass is 16.5. The SMILES string of the molecule is COc1ccc(C(=O)N2CCC(Oc3ccnc(CN(C)C)c3)C2)nn1. The van der Waals surface area contributed by atoms with Crippen molar-refractivity contribution in [2.24, 2.45) is 0 Å². The van der Waals surface area contributed by atoms with E-state index in [-0.39, 0.29) is 12.0 Å². The standard InChI is InChI=1S/C18H23N5O3/c1-22(2)11-13-10-14(6-8-19-13)26-15-7-9-23(12-15)18(24)16-4-5-17(25-3)21-20-16/h4-6,8,10,15H,7,9,11-12H2,1-3H3. The van der Waals surface area contributed by atoms with Crippen molar-refractivity contribution < 1.29 is 14.3 Å². The van der Waals surface area contributed by atoms with Gasteiger partial charge in [0.1, 0.15) is 11.9 Å². The van der Waals surface area contributed by atoms with E-state index in [0.29, 0.717) is 24.7 Å². The van der Waals surface area contributed by atoms with E-state index in [0.717, 1.165) is 24.4 Å². The Hall–Kier alpha value is -2.74. The minimum Gasteiger partial charge on any atom is -0.488 e. The molecule has 26 heavy (non-hydrogen) atoms. The van der Waals surface area contributed by atoms with Crippen LogP contribution in [0.4, 0.5) is 0 Å². The third-order valence-corrected chi connectivity index (χ3v) is 4.07. The van der Waals surface area contributed by atoms with Gasteiger partial charge in [-0.25, -0.2) is 0 Å². The summed E-state index contributed by atoms with van der Waals surface area (Å²) in [7, 11) is 5.51. The first-order valence-corrected chi connectivity index (χ1v) is 8.48. The molecule has 8 nitrogen and oxygen atoms in total. The van der Waals surface area contributed by atoms with E-state index in [4.69, 9.17) is 9.47 Å². The van der Waals surface area contributed by atoms with Crippen LogP contribution >= 0.6 is 0 Å². The van der Waals surface area contributed by atoms with Gasteiger partial charge in [0.05, 0.1) is 19.3 Å². The highest BCUT2D eigenvalue weighted by Crippen LogP contribution is 2.20. The highest BCUT2D eigenvalue weighted by molar-refractivity contribution is 5.92. The molecule has 3 rings (SSSR count). The second-order valence-electron chi connectivity index (χ2n) is 6.46. The Bertz CT molecular complexity index is 751. The highest BCUT2D eigenvalue weighted by Gasteiger charge is 2.29. The molecule has 0 spiro atoms. The first-order valence-electron chi connectivity index (χ1n) is 8.48. The molecule has 1 aliphatic rings. The first kappa shape index (κ1) is 18.1. The Morgan fingerprint density at radius 1 is 1.31 bits per heavy atom. The van der Waals surface area contributed by atoms with E-state index in [9.17, 15) is 4.79 Å². The molecule has 0 radical (unpaired) electrons. The van der Waals surface area contributed by atoms with E-state index in [1.54, 1.807) is 23.2 Å². The van der Waals surface area contributed by atoms with Crippen LogP contribution in [0.5, 0.6) is 11.6 Å². The third-order valence-electron chi connectivity index (χ3n) is 4.07. The average molecular weight is 357 g/mol. The van der Waals surface area contributed by atoms with Crippen LogP contribution in [0.25, 0.3) is 0 Å². The van der Waals surface area contributed by atoms with Crippen LogP contribution in [-0.2, 0) is 6.54 Å². The summed E-state index contributed by atoms with van der Waals surface area (Å²) < 4.78 is 11.0. The third kappa shape index (κ3) is 4.45. The summed E-state index contributed by atoms with van der Waals surface area (Å²) in [6.07, 6.45) is 2.49. The lowest BCUT2D eigenvalue weighted by Crippen LogP contribution is -2.31. The second kappa shape index (κ2) is 8.09.